The number of hydrogen-bond acceptors (Lipinski definition) is 3. The fourth-order valence-electron chi connectivity index (χ4n) is 0.462. The number of alkyl carbamates (subject to hydrolysis) is 1. The zero-order valence-electron chi connectivity index (χ0n) is 10.1. The van der Waals surface area contributed by atoms with E-state index < -0.39 is 24.2 Å². The molecule has 0 atom stereocenters. The smallest absolute Gasteiger partial charge is 0.408 e. The monoisotopic (exact) mass is 219 g/mol. The minimum atomic E-state index is -1.10. The Labute approximate surface area is 90.8 Å². The number of carbonyl (C=O) groups is 2. The summed E-state index contributed by atoms with van der Waals surface area (Å²) in [5, 5.41) is 10.3. The van der Waals surface area contributed by atoms with Gasteiger partial charge in [0.05, 0.1) is 0 Å². The molecule has 0 saturated heterocycles. The van der Waals surface area contributed by atoms with Crippen molar-refractivity contribution in [3.05, 3.63) is 0 Å². The summed E-state index contributed by atoms with van der Waals surface area (Å²) in [5.74, 6) is -1.10. The minimum absolute atomic E-state index is 0.422. The number of amides is 1. The lowest BCUT2D eigenvalue weighted by atomic mass is 10.2. The molecule has 0 heterocycles. The van der Waals surface area contributed by atoms with Gasteiger partial charge in [0.2, 0.25) is 0 Å². The van der Waals surface area contributed by atoms with Gasteiger partial charge in [0.25, 0.3) is 0 Å². The normalized spacial score (nSPS) is 9.67. The zero-order valence-corrected chi connectivity index (χ0v) is 10.1. The van der Waals surface area contributed by atoms with Gasteiger partial charge < -0.3 is 15.2 Å². The summed E-state index contributed by atoms with van der Waals surface area (Å²) >= 11 is 0. The van der Waals surface area contributed by atoms with Crippen molar-refractivity contribution in [2.75, 3.05) is 6.54 Å². The quantitative estimate of drug-likeness (QED) is 0.745. The highest BCUT2D eigenvalue weighted by Gasteiger charge is 2.15. The minimum Gasteiger partial charge on any atom is -0.480 e. The van der Waals surface area contributed by atoms with Crippen molar-refractivity contribution in [1.29, 1.82) is 0 Å². The summed E-state index contributed by atoms with van der Waals surface area (Å²) < 4.78 is 4.77. The molecule has 2 N–H and O–H groups in total. The molecule has 0 aliphatic rings. The van der Waals surface area contributed by atoms with E-state index in [1.165, 1.54) is 6.42 Å². The molecule has 0 aromatic rings. The van der Waals surface area contributed by atoms with Crippen molar-refractivity contribution >= 4 is 12.1 Å². The average molecular weight is 219 g/mol. The van der Waals surface area contributed by atoms with Gasteiger partial charge >= 0.3 is 12.1 Å². The highest BCUT2D eigenvalue weighted by molar-refractivity contribution is 5.76. The Morgan fingerprint density at radius 1 is 1.27 bits per heavy atom. The van der Waals surface area contributed by atoms with Gasteiger partial charge in [0.1, 0.15) is 12.1 Å². The van der Waals surface area contributed by atoms with Gasteiger partial charge in [-0.05, 0) is 20.8 Å². The van der Waals surface area contributed by atoms with E-state index in [1.54, 1.807) is 20.8 Å². The predicted octanol–water partition coefficient (Wildman–Crippen LogP) is 2.01. The van der Waals surface area contributed by atoms with Crippen LogP contribution in [0.15, 0.2) is 0 Å². The Morgan fingerprint density at radius 2 is 1.67 bits per heavy atom. The maximum Gasteiger partial charge on any atom is 0.408 e. The Morgan fingerprint density at radius 3 is 1.93 bits per heavy atom. The Kier molecular flexibility index (Phi) is 8.72. The summed E-state index contributed by atoms with van der Waals surface area (Å²) in [6.07, 6.45) is 0.532. The fourth-order valence-corrected chi connectivity index (χ4v) is 0.462. The molecule has 0 bridgehead atoms. The van der Waals surface area contributed by atoms with Crippen LogP contribution < -0.4 is 5.32 Å². The summed E-state index contributed by atoms with van der Waals surface area (Å²) in [4.78, 5) is 20.8. The number of hydrogen-bond donors (Lipinski definition) is 2. The van der Waals surface area contributed by atoms with Crippen LogP contribution in [0.2, 0.25) is 0 Å². The van der Waals surface area contributed by atoms with Crippen LogP contribution in [-0.2, 0) is 9.53 Å². The third-order valence-electron chi connectivity index (χ3n) is 0.783. The predicted molar refractivity (Wildman–Crippen MR) is 57.8 cm³/mol. The van der Waals surface area contributed by atoms with E-state index in [1.807, 2.05) is 0 Å². The van der Waals surface area contributed by atoms with Crippen LogP contribution in [-0.4, -0.2) is 29.3 Å². The van der Waals surface area contributed by atoms with Gasteiger partial charge in [0, 0.05) is 0 Å². The standard InChI is InChI=1S/C7H13NO4.C3H8/c1-7(2,3)12-6(11)8-4-5(9)10;1-3-2/h4H2,1-3H3,(H,8,11)(H,9,10);3H2,1-2H3. The molecule has 0 aliphatic heterocycles. The summed E-state index contributed by atoms with van der Waals surface area (Å²) in [5.41, 5.74) is -0.595. The van der Waals surface area contributed by atoms with Crippen molar-refractivity contribution in [3.8, 4) is 0 Å². The van der Waals surface area contributed by atoms with Gasteiger partial charge in [-0.25, -0.2) is 4.79 Å². The number of carbonyl (C=O) groups excluding carboxylic acids is 1. The second-order valence-corrected chi connectivity index (χ2v) is 3.96. The number of ether oxygens (including phenoxy) is 1. The first-order valence-corrected chi connectivity index (χ1v) is 4.91. The lowest BCUT2D eigenvalue weighted by Gasteiger charge is -2.19. The Hall–Kier alpha value is -1.26. The van der Waals surface area contributed by atoms with Crippen LogP contribution >= 0.6 is 0 Å². The van der Waals surface area contributed by atoms with Crippen LogP contribution in [0, 0.1) is 0 Å². The van der Waals surface area contributed by atoms with Gasteiger partial charge in [-0.15, -0.1) is 0 Å². The van der Waals surface area contributed by atoms with E-state index in [0.29, 0.717) is 0 Å². The lowest BCUT2D eigenvalue weighted by Crippen LogP contribution is -2.35. The number of nitrogens with one attached hydrogen (secondary N) is 1. The fraction of sp³-hybridized carbons (Fsp3) is 0.800. The third-order valence-corrected chi connectivity index (χ3v) is 0.783. The molecule has 0 aliphatic carbocycles. The van der Waals surface area contributed by atoms with E-state index in [4.69, 9.17) is 9.84 Å². The number of carboxylic acid groups (broad SMARTS) is 1. The maximum absolute atomic E-state index is 10.8. The van der Waals surface area contributed by atoms with Crippen molar-refractivity contribution in [1.82, 2.24) is 5.32 Å². The van der Waals surface area contributed by atoms with Crippen LogP contribution in [0.3, 0.4) is 0 Å². The molecular formula is C10H21NO4. The zero-order chi connectivity index (χ0) is 12.5. The molecule has 0 spiro atoms. The molecule has 0 aromatic carbocycles. The second-order valence-electron chi connectivity index (χ2n) is 3.96. The maximum atomic E-state index is 10.8. The highest BCUT2D eigenvalue weighted by Crippen LogP contribution is 2.05. The van der Waals surface area contributed by atoms with Crippen molar-refractivity contribution in [3.63, 3.8) is 0 Å². The highest BCUT2D eigenvalue weighted by atomic mass is 16.6. The average Bonchev–Trinajstić information content (AvgIpc) is 1.99. The molecule has 5 heteroatoms. The molecule has 0 fully saturated rings. The second kappa shape index (κ2) is 8.08. The third kappa shape index (κ3) is 19.2. The first-order valence-electron chi connectivity index (χ1n) is 4.91. The molecule has 0 radical (unpaired) electrons. The van der Waals surface area contributed by atoms with E-state index >= 15 is 0 Å². The van der Waals surface area contributed by atoms with Crippen molar-refractivity contribution < 1.29 is 19.4 Å². The number of carboxylic acids is 1. The first-order chi connectivity index (χ1) is 6.72. The molecule has 1 amide bonds. The lowest BCUT2D eigenvalue weighted by molar-refractivity contribution is -0.136. The summed E-state index contributed by atoms with van der Waals surface area (Å²) in [6.45, 7) is 8.93. The topological polar surface area (TPSA) is 75.6 Å². The molecule has 5 nitrogen and oxygen atoms in total. The largest absolute Gasteiger partial charge is 0.480 e. The van der Waals surface area contributed by atoms with Gasteiger partial charge in [-0.2, -0.15) is 0 Å². The summed E-state index contributed by atoms with van der Waals surface area (Å²) in [6, 6.07) is 0. The molecule has 90 valence electrons. The van der Waals surface area contributed by atoms with Gasteiger partial charge in [0.15, 0.2) is 0 Å². The van der Waals surface area contributed by atoms with Crippen LogP contribution in [0.5, 0.6) is 0 Å². The number of aliphatic carboxylic acids is 1. The van der Waals surface area contributed by atoms with E-state index in [2.05, 4.69) is 19.2 Å². The molecule has 0 saturated carbocycles. The Bertz CT molecular complexity index is 196. The van der Waals surface area contributed by atoms with Gasteiger partial charge in [-0.3, -0.25) is 4.79 Å². The SMILES string of the molecule is CC(C)(C)OC(=O)NCC(=O)O.CCC. The van der Waals surface area contributed by atoms with Crippen LogP contribution in [0.4, 0.5) is 4.79 Å². The van der Waals surface area contributed by atoms with E-state index in [9.17, 15) is 9.59 Å². The van der Waals surface area contributed by atoms with Crippen LogP contribution in [0.25, 0.3) is 0 Å². The van der Waals surface area contributed by atoms with E-state index in [-0.39, 0.29) is 0 Å². The van der Waals surface area contributed by atoms with Crippen molar-refractivity contribution in [2.45, 2.75) is 46.6 Å². The van der Waals surface area contributed by atoms with E-state index in [0.717, 1.165) is 0 Å². The van der Waals surface area contributed by atoms with Crippen LogP contribution in [0.1, 0.15) is 41.0 Å². The molecule has 15 heavy (non-hydrogen) atoms. The molecule has 0 rings (SSSR count). The molecule has 0 aromatic heterocycles. The number of rotatable bonds is 2. The molecular weight excluding hydrogens is 198 g/mol. The summed E-state index contributed by atoms with van der Waals surface area (Å²) in [7, 11) is 0. The van der Waals surface area contributed by atoms with Gasteiger partial charge in [-0.1, -0.05) is 20.3 Å². The molecule has 0 unspecified atom stereocenters. The van der Waals surface area contributed by atoms with Crippen molar-refractivity contribution in [2.24, 2.45) is 0 Å². The Balaban J connectivity index is 0. The first kappa shape index (κ1) is 16.2.